The molecule has 1 N–H and O–H groups in total. The van der Waals surface area contributed by atoms with Gasteiger partial charge in [0.1, 0.15) is 6.33 Å². The Bertz CT molecular complexity index is 248. The Kier molecular flexibility index (Phi) is 3.60. The molecule has 0 spiro atoms. The van der Waals surface area contributed by atoms with E-state index in [2.05, 4.69) is 24.3 Å². The summed E-state index contributed by atoms with van der Waals surface area (Å²) >= 11 is 5.80. The highest BCUT2D eigenvalue weighted by atomic mass is 35.5. The number of aromatic nitrogens is 2. The highest BCUT2D eigenvalue weighted by Gasteiger charge is 2.14. The lowest BCUT2D eigenvalue weighted by Gasteiger charge is -2.13. The zero-order valence-electron chi connectivity index (χ0n) is 8.34. The minimum atomic E-state index is 0.481. The van der Waals surface area contributed by atoms with Crippen LogP contribution in [0.25, 0.3) is 0 Å². The third-order valence-electron chi connectivity index (χ3n) is 2.33. The maximum Gasteiger partial charge on any atom is 0.115 e. The van der Waals surface area contributed by atoms with E-state index >= 15 is 0 Å². The minimum Gasteiger partial charge on any atom is -0.328 e. The zero-order chi connectivity index (χ0) is 9.84. The molecule has 74 valence electrons. The van der Waals surface area contributed by atoms with E-state index in [0.29, 0.717) is 11.8 Å². The molecule has 0 saturated carbocycles. The smallest absolute Gasteiger partial charge is 0.115 e. The minimum absolute atomic E-state index is 0.481. The average molecular weight is 202 g/mol. The van der Waals surface area contributed by atoms with E-state index < -0.39 is 0 Å². The third-order valence-corrected chi connectivity index (χ3v) is 2.58. The number of nitrogens with one attached hydrogen (secondary N) is 1. The molecular weight excluding hydrogens is 186 g/mol. The monoisotopic (exact) mass is 201 g/mol. The Morgan fingerprint density at radius 2 is 2.38 bits per heavy atom. The normalized spacial score (nSPS) is 12.9. The Labute approximate surface area is 84.1 Å². The molecule has 0 aromatic carbocycles. The van der Waals surface area contributed by atoms with Gasteiger partial charge in [-0.15, -0.1) is 11.6 Å². The molecule has 1 aromatic heterocycles. The summed E-state index contributed by atoms with van der Waals surface area (Å²) in [5.41, 5.74) is 5.23. The van der Waals surface area contributed by atoms with Crippen molar-refractivity contribution in [1.29, 1.82) is 0 Å². The fraction of sp³-hybridized carbons (Fsp3) is 0.667. The molecule has 1 rings (SSSR count). The molecule has 0 saturated heterocycles. The van der Waals surface area contributed by atoms with Crippen LogP contribution >= 0.6 is 11.6 Å². The quantitative estimate of drug-likeness (QED) is 0.758. The van der Waals surface area contributed by atoms with Crippen molar-refractivity contribution in [3.8, 4) is 0 Å². The molecule has 4 heteroatoms. The predicted molar refractivity (Wildman–Crippen MR) is 55.8 cm³/mol. The molecular formula is C9H16ClN3. The summed E-state index contributed by atoms with van der Waals surface area (Å²) in [6, 6.07) is 0. The van der Waals surface area contributed by atoms with Crippen LogP contribution in [0.1, 0.15) is 37.6 Å². The molecule has 0 fully saturated rings. The predicted octanol–water partition coefficient (Wildman–Crippen LogP) is 2.31. The van der Waals surface area contributed by atoms with Crippen LogP contribution in [-0.2, 0) is 5.88 Å². The number of hydrogen-bond acceptors (Lipinski definition) is 2. The molecule has 0 aliphatic rings. The summed E-state index contributed by atoms with van der Waals surface area (Å²) in [6.45, 7) is 4.34. The summed E-state index contributed by atoms with van der Waals surface area (Å²) in [7, 11) is 1.88. The zero-order valence-corrected chi connectivity index (χ0v) is 9.10. The molecule has 3 nitrogen and oxygen atoms in total. The van der Waals surface area contributed by atoms with E-state index in [0.717, 1.165) is 12.1 Å². The van der Waals surface area contributed by atoms with Crippen LogP contribution in [0.5, 0.6) is 0 Å². The van der Waals surface area contributed by atoms with E-state index in [-0.39, 0.29) is 0 Å². The molecule has 1 atom stereocenters. The number of rotatable bonds is 4. The highest BCUT2D eigenvalue weighted by molar-refractivity contribution is 6.17. The maximum absolute atomic E-state index is 5.80. The van der Waals surface area contributed by atoms with Crippen molar-refractivity contribution in [2.24, 2.45) is 0 Å². The number of imidazole rings is 1. The molecule has 0 amide bonds. The van der Waals surface area contributed by atoms with Crippen molar-refractivity contribution in [2.45, 2.75) is 32.1 Å². The van der Waals surface area contributed by atoms with Gasteiger partial charge in [-0.25, -0.2) is 4.98 Å². The first-order chi connectivity index (χ1) is 6.24. The first-order valence-corrected chi connectivity index (χ1v) is 5.07. The van der Waals surface area contributed by atoms with Crippen molar-refractivity contribution in [1.82, 2.24) is 9.66 Å². The number of nitrogens with zero attached hydrogens (tertiary/aromatic N) is 2. The van der Waals surface area contributed by atoms with Crippen LogP contribution in [0, 0.1) is 0 Å². The Morgan fingerprint density at radius 1 is 1.69 bits per heavy atom. The van der Waals surface area contributed by atoms with Gasteiger partial charge in [0, 0.05) is 13.0 Å². The fourth-order valence-electron chi connectivity index (χ4n) is 1.39. The van der Waals surface area contributed by atoms with Crippen molar-refractivity contribution in [2.75, 3.05) is 12.5 Å². The second kappa shape index (κ2) is 4.51. The first kappa shape index (κ1) is 10.4. The fourth-order valence-corrected chi connectivity index (χ4v) is 1.60. The molecule has 0 bridgehead atoms. The van der Waals surface area contributed by atoms with Crippen molar-refractivity contribution in [3.63, 3.8) is 0 Å². The molecule has 1 aromatic rings. The molecule has 1 heterocycles. The van der Waals surface area contributed by atoms with Gasteiger partial charge in [0.15, 0.2) is 0 Å². The molecule has 0 radical (unpaired) electrons. The van der Waals surface area contributed by atoms with E-state index in [1.54, 1.807) is 6.33 Å². The van der Waals surface area contributed by atoms with Gasteiger partial charge < -0.3 is 5.43 Å². The lowest BCUT2D eigenvalue weighted by molar-refractivity contribution is 0.665. The van der Waals surface area contributed by atoms with Crippen LogP contribution in [0.15, 0.2) is 6.33 Å². The second-order valence-electron chi connectivity index (χ2n) is 3.11. The van der Waals surface area contributed by atoms with Gasteiger partial charge in [0.25, 0.3) is 0 Å². The van der Waals surface area contributed by atoms with Gasteiger partial charge in [-0.2, -0.15) is 0 Å². The van der Waals surface area contributed by atoms with Crippen LogP contribution in [-0.4, -0.2) is 16.7 Å². The van der Waals surface area contributed by atoms with Crippen molar-refractivity contribution >= 4 is 11.6 Å². The highest BCUT2D eigenvalue weighted by Crippen LogP contribution is 2.22. The van der Waals surface area contributed by atoms with Gasteiger partial charge in [-0.05, 0) is 6.42 Å². The lowest BCUT2D eigenvalue weighted by Crippen LogP contribution is -2.13. The van der Waals surface area contributed by atoms with E-state index in [1.165, 1.54) is 5.69 Å². The van der Waals surface area contributed by atoms with Gasteiger partial charge in [-0.3, -0.25) is 4.68 Å². The van der Waals surface area contributed by atoms with Crippen LogP contribution in [0.4, 0.5) is 0 Å². The molecule has 0 aliphatic carbocycles. The maximum atomic E-state index is 5.80. The Morgan fingerprint density at radius 3 is 2.85 bits per heavy atom. The van der Waals surface area contributed by atoms with Crippen molar-refractivity contribution in [3.05, 3.63) is 17.7 Å². The van der Waals surface area contributed by atoms with Gasteiger partial charge in [0.2, 0.25) is 0 Å². The molecule has 1 unspecified atom stereocenters. The summed E-state index contributed by atoms with van der Waals surface area (Å²) < 4.78 is 1.94. The van der Waals surface area contributed by atoms with E-state index in [4.69, 9.17) is 11.6 Å². The number of halogens is 1. The van der Waals surface area contributed by atoms with Crippen LogP contribution in [0.3, 0.4) is 0 Å². The second-order valence-corrected chi connectivity index (χ2v) is 3.38. The Balaban J connectivity index is 3.04. The van der Waals surface area contributed by atoms with Crippen LogP contribution in [0.2, 0.25) is 0 Å². The molecule has 13 heavy (non-hydrogen) atoms. The summed E-state index contributed by atoms with van der Waals surface area (Å²) in [6.07, 6.45) is 2.87. The summed E-state index contributed by atoms with van der Waals surface area (Å²) in [5.74, 6) is 0.970. The number of alkyl halides is 1. The van der Waals surface area contributed by atoms with E-state index in [9.17, 15) is 0 Å². The standard InChI is InChI=1S/C9H16ClN3/c1-4-7(2)9-8(5-10)12-6-13(9)11-3/h6-7,11H,4-5H2,1-3H3. The van der Waals surface area contributed by atoms with Gasteiger partial charge in [0.05, 0.1) is 17.3 Å². The van der Waals surface area contributed by atoms with Gasteiger partial charge in [-0.1, -0.05) is 13.8 Å². The molecule has 0 aliphatic heterocycles. The third kappa shape index (κ3) is 1.97. The summed E-state index contributed by atoms with van der Waals surface area (Å²) in [5, 5.41) is 0. The van der Waals surface area contributed by atoms with Crippen LogP contribution < -0.4 is 5.43 Å². The average Bonchev–Trinajstić information content (AvgIpc) is 2.59. The summed E-state index contributed by atoms with van der Waals surface area (Å²) in [4.78, 5) is 4.24. The lowest BCUT2D eigenvalue weighted by atomic mass is 10.0. The van der Waals surface area contributed by atoms with Crippen molar-refractivity contribution < 1.29 is 0 Å². The SMILES string of the molecule is CCC(C)c1c(CCl)ncn1NC. The Hall–Kier alpha value is -0.700. The van der Waals surface area contributed by atoms with Gasteiger partial charge >= 0.3 is 0 Å². The largest absolute Gasteiger partial charge is 0.328 e. The number of hydrogen-bond donors (Lipinski definition) is 1. The first-order valence-electron chi connectivity index (χ1n) is 4.54. The topological polar surface area (TPSA) is 29.9 Å². The van der Waals surface area contributed by atoms with E-state index in [1.807, 2.05) is 11.7 Å².